The van der Waals surface area contributed by atoms with Crippen LogP contribution in [-0.4, -0.2) is 31.9 Å². The number of ether oxygens (including phenoxy) is 1. The van der Waals surface area contributed by atoms with Gasteiger partial charge in [-0.15, -0.1) is 18.3 Å². The number of hydrogen-bond donors (Lipinski definition) is 1. The summed E-state index contributed by atoms with van der Waals surface area (Å²) in [5, 5.41) is 8.02. The monoisotopic (exact) mass is 429 g/mol. The molecule has 0 saturated carbocycles. The van der Waals surface area contributed by atoms with Gasteiger partial charge in [0, 0.05) is 29.7 Å². The Morgan fingerprint density at radius 1 is 1.16 bits per heavy atom. The number of anilines is 1. The van der Waals surface area contributed by atoms with E-state index < -0.39 is 6.36 Å². The third kappa shape index (κ3) is 4.42. The number of amides is 1. The topological polar surface area (TPSA) is 81.4 Å². The summed E-state index contributed by atoms with van der Waals surface area (Å²) in [6.45, 7) is 3.80. The van der Waals surface area contributed by atoms with Crippen molar-refractivity contribution in [2.24, 2.45) is 0 Å². The summed E-state index contributed by atoms with van der Waals surface area (Å²) in [6, 6.07) is 8.74. The van der Waals surface area contributed by atoms with Crippen LogP contribution in [0, 0.1) is 13.8 Å². The first-order valence-corrected chi connectivity index (χ1v) is 9.46. The van der Waals surface area contributed by atoms with Crippen molar-refractivity contribution in [2.45, 2.75) is 33.1 Å². The van der Waals surface area contributed by atoms with Crippen LogP contribution in [0.3, 0.4) is 0 Å². The molecule has 0 unspecified atom stereocenters. The zero-order valence-electron chi connectivity index (χ0n) is 16.7. The third-order valence-electron chi connectivity index (χ3n) is 4.86. The minimum absolute atomic E-state index is 0.175. The molecule has 0 radical (unpaired) electrons. The van der Waals surface area contributed by atoms with E-state index in [9.17, 15) is 18.0 Å². The van der Waals surface area contributed by atoms with Crippen molar-refractivity contribution >= 4 is 28.3 Å². The number of rotatable bonds is 5. The van der Waals surface area contributed by atoms with E-state index >= 15 is 0 Å². The Morgan fingerprint density at radius 2 is 1.90 bits per heavy atom. The van der Waals surface area contributed by atoms with Crippen molar-refractivity contribution in [1.82, 2.24) is 19.6 Å². The fraction of sp³-hybridized carbons (Fsp3) is 0.238. The van der Waals surface area contributed by atoms with Crippen molar-refractivity contribution in [3.8, 4) is 5.75 Å². The van der Waals surface area contributed by atoms with Gasteiger partial charge in [0.2, 0.25) is 5.91 Å². The molecule has 160 valence electrons. The van der Waals surface area contributed by atoms with E-state index in [1.807, 2.05) is 26.0 Å². The fourth-order valence-electron chi connectivity index (χ4n) is 3.43. The van der Waals surface area contributed by atoms with Crippen LogP contribution in [0.2, 0.25) is 0 Å². The quantitative estimate of drug-likeness (QED) is 0.510. The minimum Gasteiger partial charge on any atom is -0.406 e. The summed E-state index contributed by atoms with van der Waals surface area (Å²) in [5.41, 5.74) is 4.28. The molecule has 1 amide bonds. The average molecular weight is 429 g/mol. The molecule has 0 aliphatic heterocycles. The van der Waals surface area contributed by atoms with Crippen LogP contribution in [0.15, 0.2) is 42.6 Å². The van der Waals surface area contributed by atoms with Gasteiger partial charge in [0.05, 0.1) is 5.39 Å². The number of nitrogens with one attached hydrogen (secondary N) is 1. The van der Waals surface area contributed by atoms with Gasteiger partial charge in [0.1, 0.15) is 5.75 Å². The maximum absolute atomic E-state index is 12.4. The van der Waals surface area contributed by atoms with Gasteiger partial charge < -0.3 is 10.1 Å². The van der Waals surface area contributed by atoms with E-state index in [2.05, 4.69) is 25.1 Å². The number of nitrogens with zero attached hydrogens (tertiary/aromatic N) is 4. The van der Waals surface area contributed by atoms with Crippen LogP contribution in [0.4, 0.5) is 18.9 Å². The van der Waals surface area contributed by atoms with Crippen molar-refractivity contribution in [3.63, 3.8) is 0 Å². The second-order valence-corrected chi connectivity index (χ2v) is 6.99. The van der Waals surface area contributed by atoms with Crippen LogP contribution < -0.4 is 10.1 Å². The molecule has 3 heterocycles. The highest BCUT2D eigenvalue weighted by Gasteiger charge is 2.31. The Labute approximate surface area is 174 Å². The Hall–Kier alpha value is -3.69. The van der Waals surface area contributed by atoms with E-state index in [1.54, 1.807) is 10.7 Å². The van der Waals surface area contributed by atoms with E-state index in [1.165, 1.54) is 12.1 Å². The van der Waals surface area contributed by atoms with Gasteiger partial charge in [0.15, 0.2) is 11.3 Å². The largest absolute Gasteiger partial charge is 0.573 e. The van der Waals surface area contributed by atoms with Crippen molar-refractivity contribution < 1.29 is 22.7 Å². The summed E-state index contributed by atoms with van der Waals surface area (Å²) in [5.74, 6) is -0.618. The lowest BCUT2D eigenvalue weighted by atomic mass is 10.1. The predicted molar refractivity (Wildman–Crippen MR) is 108 cm³/mol. The number of benzene rings is 1. The molecular formula is C21H18F3N5O2. The second kappa shape index (κ2) is 7.86. The smallest absolute Gasteiger partial charge is 0.406 e. The summed E-state index contributed by atoms with van der Waals surface area (Å²) in [6.07, 6.45) is -2.48. The van der Waals surface area contributed by atoms with Gasteiger partial charge in [-0.3, -0.25) is 4.79 Å². The Morgan fingerprint density at radius 3 is 2.61 bits per heavy atom. The van der Waals surface area contributed by atoms with E-state index in [4.69, 9.17) is 0 Å². The van der Waals surface area contributed by atoms with Gasteiger partial charge >= 0.3 is 6.36 Å². The first kappa shape index (κ1) is 20.6. The van der Waals surface area contributed by atoms with Gasteiger partial charge in [0.25, 0.3) is 0 Å². The normalized spacial score (nSPS) is 11.8. The molecule has 0 aliphatic carbocycles. The molecule has 3 aromatic heterocycles. The number of carbonyl (C=O) groups is 1. The highest BCUT2D eigenvalue weighted by atomic mass is 19.4. The molecule has 0 saturated heterocycles. The molecule has 0 atom stereocenters. The number of hydrogen-bond acceptors (Lipinski definition) is 5. The highest BCUT2D eigenvalue weighted by molar-refractivity contribution is 5.91. The molecular weight excluding hydrogens is 411 g/mol. The average Bonchev–Trinajstić information content (AvgIpc) is 3.07. The van der Waals surface area contributed by atoms with Crippen LogP contribution in [0.1, 0.15) is 23.4 Å². The first-order valence-electron chi connectivity index (χ1n) is 9.46. The summed E-state index contributed by atoms with van der Waals surface area (Å²) in [4.78, 5) is 21.3. The molecule has 0 fully saturated rings. The number of aryl methyl sites for hydroxylation is 2. The summed E-state index contributed by atoms with van der Waals surface area (Å²) in [7, 11) is 0. The molecule has 4 aromatic rings. The second-order valence-electron chi connectivity index (χ2n) is 6.99. The lowest BCUT2D eigenvalue weighted by Gasteiger charge is -2.12. The maximum atomic E-state index is 12.4. The molecule has 10 heteroatoms. The summed E-state index contributed by atoms with van der Waals surface area (Å²) < 4.78 is 42.2. The maximum Gasteiger partial charge on any atom is 0.573 e. The SMILES string of the molecule is Cc1nc2c3cccnc3nn2c(C)c1CCC(=O)Nc1ccc(OC(F)(F)F)cc1. The van der Waals surface area contributed by atoms with Crippen LogP contribution >= 0.6 is 0 Å². The molecule has 31 heavy (non-hydrogen) atoms. The van der Waals surface area contributed by atoms with Gasteiger partial charge in [-0.1, -0.05) is 0 Å². The number of pyridine rings is 1. The first-order chi connectivity index (χ1) is 14.7. The number of fused-ring (bicyclic) bond motifs is 3. The van der Waals surface area contributed by atoms with E-state index in [-0.39, 0.29) is 18.1 Å². The number of alkyl halides is 3. The van der Waals surface area contributed by atoms with Crippen molar-refractivity contribution in [2.75, 3.05) is 5.32 Å². The number of halogens is 3. The van der Waals surface area contributed by atoms with Gasteiger partial charge in [-0.25, -0.2) is 14.5 Å². The molecule has 0 bridgehead atoms. The Bertz CT molecular complexity index is 1270. The van der Waals surface area contributed by atoms with Crippen LogP contribution in [-0.2, 0) is 11.2 Å². The third-order valence-corrected chi connectivity index (χ3v) is 4.86. The van der Waals surface area contributed by atoms with Crippen molar-refractivity contribution in [3.05, 3.63) is 59.5 Å². The zero-order valence-corrected chi connectivity index (χ0v) is 16.7. The molecule has 4 rings (SSSR count). The van der Waals surface area contributed by atoms with E-state index in [0.717, 1.165) is 34.5 Å². The number of aromatic nitrogens is 4. The van der Waals surface area contributed by atoms with Crippen LogP contribution in [0.5, 0.6) is 5.75 Å². The lowest BCUT2D eigenvalue weighted by molar-refractivity contribution is -0.274. The molecule has 1 aromatic carbocycles. The van der Waals surface area contributed by atoms with Gasteiger partial charge in [-0.05, 0) is 62.2 Å². The standard InChI is InChI=1S/C21H18F3N5O2/c1-12-16(13(2)29-20(26-12)17-4-3-11-25-19(17)28-29)9-10-18(30)27-14-5-7-15(8-6-14)31-21(22,23)24/h3-8,11H,9-10H2,1-2H3,(H,27,30). The molecule has 0 aliphatic rings. The highest BCUT2D eigenvalue weighted by Crippen LogP contribution is 2.25. The summed E-state index contributed by atoms with van der Waals surface area (Å²) >= 11 is 0. The van der Waals surface area contributed by atoms with Gasteiger partial charge in [-0.2, -0.15) is 0 Å². The lowest BCUT2D eigenvalue weighted by Crippen LogP contribution is -2.17. The fourth-order valence-corrected chi connectivity index (χ4v) is 3.43. The van der Waals surface area contributed by atoms with Crippen LogP contribution in [0.25, 0.3) is 16.7 Å². The Kier molecular flexibility index (Phi) is 5.22. The minimum atomic E-state index is -4.76. The van der Waals surface area contributed by atoms with Crippen molar-refractivity contribution in [1.29, 1.82) is 0 Å². The molecule has 7 nitrogen and oxygen atoms in total. The number of carbonyl (C=O) groups excluding carboxylic acids is 1. The Balaban J connectivity index is 1.46. The predicted octanol–water partition coefficient (Wildman–Crippen LogP) is 4.36. The molecule has 0 spiro atoms. The van der Waals surface area contributed by atoms with E-state index in [0.29, 0.717) is 23.4 Å². The molecule has 1 N–H and O–H groups in total. The zero-order chi connectivity index (χ0) is 22.2.